The van der Waals surface area contributed by atoms with Crippen LogP contribution in [0.4, 0.5) is 0 Å². The van der Waals surface area contributed by atoms with Crippen LogP contribution in [0.5, 0.6) is 0 Å². The van der Waals surface area contributed by atoms with Crippen LogP contribution in [0.25, 0.3) is 0 Å². The molecule has 0 aromatic carbocycles. The molecule has 2 atom stereocenters. The molecule has 15 heavy (non-hydrogen) atoms. The first kappa shape index (κ1) is 12.5. The van der Waals surface area contributed by atoms with Gasteiger partial charge in [-0.2, -0.15) is 0 Å². The molecule has 1 fully saturated rings. The zero-order chi connectivity index (χ0) is 11.3. The third-order valence-electron chi connectivity index (χ3n) is 3.26. The molecule has 1 amide bonds. The molecule has 1 saturated heterocycles. The Hall–Kier alpha value is -0.570. The summed E-state index contributed by atoms with van der Waals surface area (Å²) in [7, 11) is 0. The van der Waals surface area contributed by atoms with E-state index in [1.807, 2.05) is 11.8 Å². The average molecular weight is 212 g/mol. The summed E-state index contributed by atoms with van der Waals surface area (Å²) >= 11 is 0. The van der Waals surface area contributed by atoms with Gasteiger partial charge in [-0.3, -0.25) is 4.79 Å². The molecule has 0 aliphatic carbocycles. The second-order valence-electron chi connectivity index (χ2n) is 4.68. The minimum Gasteiger partial charge on any atom is -0.341 e. The molecule has 0 aromatic heterocycles. The highest BCUT2D eigenvalue weighted by Gasteiger charge is 2.22. The summed E-state index contributed by atoms with van der Waals surface area (Å²) in [5.41, 5.74) is 0. The van der Waals surface area contributed by atoms with Crippen molar-refractivity contribution in [2.75, 3.05) is 19.6 Å². The lowest BCUT2D eigenvalue weighted by atomic mass is 10.1. The number of nitrogens with zero attached hydrogens (tertiary/aromatic N) is 1. The summed E-state index contributed by atoms with van der Waals surface area (Å²) < 4.78 is 0. The van der Waals surface area contributed by atoms with Crippen LogP contribution < -0.4 is 5.32 Å². The number of nitrogens with one attached hydrogen (secondary N) is 1. The molecule has 0 bridgehead atoms. The molecule has 0 radical (unpaired) electrons. The van der Waals surface area contributed by atoms with Gasteiger partial charge < -0.3 is 10.2 Å². The van der Waals surface area contributed by atoms with Crippen molar-refractivity contribution in [3.05, 3.63) is 0 Å². The van der Waals surface area contributed by atoms with E-state index in [1.54, 1.807) is 0 Å². The first-order chi connectivity index (χ1) is 7.15. The second kappa shape index (κ2) is 6.11. The summed E-state index contributed by atoms with van der Waals surface area (Å²) in [5.74, 6) is 0.926. The van der Waals surface area contributed by atoms with E-state index >= 15 is 0 Å². The number of hydrogen-bond donors (Lipinski definition) is 1. The lowest BCUT2D eigenvalue weighted by Gasteiger charge is -2.22. The topological polar surface area (TPSA) is 32.3 Å². The van der Waals surface area contributed by atoms with Crippen LogP contribution in [-0.4, -0.2) is 36.5 Å². The van der Waals surface area contributed by atoms with Crippen molar-refractivity contribution in [3.8, 4) is 0 Å². The molecule has 3 heteroatoms. The van der Waals surface area contributed by atoms with Gasteiger partial charge in [0, 0.05) is 13.1 Å². The largest absolute Gasteiger partial charge is 0.341 e. The Bertz CT molecular complexity index is 200. The molecule has 3 nitrogen and oxygen atoms in total. The van der Waals surface area contributed by atoms with E-state index in [1.165, 1.54) is 12.8 Å². The fourth-order valence-corrected chi connectivity index (χ4v) is 1.82. The quantitative estimate of drug-likeness (QED) is 0.751. The van der Waals surface area contributed by atoms with E-state index in [-0.39, 0.29) is 11.9 Å². The average Bonchev–Trinajstić information content (AvgIpc) is 2.77. The van der Waals surface area contributed by atoms with Crippen LogP contribution in [0.1, 0.15) is 40.0 Å². The Morgan fingerprint density at radius 3 is 2.47 bits per heavy atom. The van der Waals surface area contributed by atoms with Crippen LogP contribution in [0.15, 0.2) is 0 Å². The molecule has 1 aliphatic heterocycles. The molecular weight excluding hydrogens is 188 g/mol. The SMILES string of the molecule is CCC(C)CNC(C)C(=O)N1CCCC1. The Labute approximate surface area is 93.2 Å². The van der Waals surface area contributed by atoms with Gasteiger partial charge in [0.2, 0.25) is 5.91 Å². The van der Waals surface area contributed by atoms with Gasteiger partial charge in [-0.25, -0.2) is 0 Å². The molecular formula is C12H24N2O. The molecule has 1 heterocycles. The van der Waals surface area contributed by atoms with Crippen molar-refractivity contribution in [1.82, 2.24) is 10.2 Å². The van der Waals surface area contributed by atoms with Gasteiger partial charge in [-0.05, 0) is 32.2 Å². The third kappa shape index (κ3) is 3.82. The van der Waals surface area contributed by atoms with Crippen molar-refractivity contribution >= 4 is 5.91 Å². The maximum atomic E-state index is 11.9. The maximum absolute atomic E-state index is 11.9. The Kier molecular flexibility index (Phi) is 5.09. The Morgan fingerprint density at radius 1 is 1.33 bits per heavy atom. The Balaban J connectivity index is 2.26. The van der Waals surface area contributed by atoms with Crippen LogP contribution in [-0.2, 0) is 4.79 Å². The van der Waals surface area contributed by atoms with Crippen LogP contribution in [0.3, 0.4) is 0 Å². The lowest BCUT2D eigenvalue weighted by molar-refractivity contribution is -0.131. The number of likely N-dealkylation sites (tertiary alicyclic amines) is 1. The second-order valence-corrected chi connectivity index (χ2v) is 4.68. The fourth-order valence-electron chi connectivity index (χ4n) is 1.82. The number of carbonyl (C=O) groups is 1. The minimum absolute atomic E-state index is 0.0166. The van der Waals surface area contributed by atoms with Crippen molar-refractivity contribution in [2.45, 2.75) is 46.1 Å². The lowest BCUT2D eigenvalue weighted by Crippen LogP contribution is -2.44. The maximum Gasteiger partial charge on any atom is 0.239 e. The van der Waals surface area contributed by atoms with E-state index in [4.69, 9.17) is 0 Å². The standard InChI is InChI=1S/C12H24N2O/c1-4-10(2)9-13-11(3)12(15)14-7-5-6-8-14/h10-11,13H,4-9H2,1-3H3. The van der Waals surface area contributed by atoms with Crippen molar-refractivity contribution in [3.63, 3.8) is 0 Å². The van der Waals surface area contributed by atoms with E-state index in [2.05, 4.69) is 19.2 Å². The minimum atomic E-state index is -0.0166. The predicted molar refractivity (Wildman–Crippen MR) is 62.7 cm³/mol. The molecule has 88 valence electrons. The zero-order valence-electron chi connectivity index (χ0n) is 10.3. The van der Waals surface area contributed by atoms with Gasteiger partial charge in [0.15, 0.2) is 0 Å². The number of carbonyl (C=O) groups excluding carboxylic acids is 1. The van der Waals surface area contributed by atoms with Gasteiger partial charge in [0.05, 0.1) is 6.04 Å². The molecule has 0 spiro atoms. The highest BCUT2D eigenvalue weighted by atomic mass is 16.2. The monoisotopic (exact) mass is 212 g/mol. The summed E-state index contributed by atoms with van der Waals surface area (Å²) in [6.45, 7) is 9.21. The molecule has 1 N–H and O–H groups in total. The Morgan fingerprint density at radius 2 is 1.93 bits per heavy atom. The van der Waals surface area contributed by atoms with Crippen LogP contribution in [0.2, 0.25) is 0 Å². The highest BCUT2D eigenvalue weighted by Crippen LogP contribution is 2.09. The summed E-state index contributed by atoms with van der Waals surface area (Å²) in [5, 5.41) is 3.32. The van der Waals surface area contributed by atoms with E-state index in [0.717, 1.165) is 26.1 Å². The highest BCUT2D eigenvalue weighted by molar-refractivity contribution is 5.81. The van der Waals surface area contributed by atoms with Crippen LogP contribution >= 0.6 is 0 Å². The van der Waals surface area contributed by atoms with Crippen LogP contribution in [0, 0.1) is 5.92 Å². The summed E-state index contributed by atoms with van der Waals surface area (Å²) in [6, 6.07) is -0.0166. The van der Waals surface area contributed by atoms with Crippen molar-refractivity contribution < 1.29 is 4.79 Å². The number of hydrogen-bond acceptors (Lipinski definition) is 2. The van der Waals surface area contributed by atoms with Crippen molar-refractivity contribution in [2.24, 2.45) is 5.92 Å². The first-order valence-corrected chi connectivity index (χ1v) is 6.17. The fraction of sp³-hybridized carbons (Fsp3) is 0.917. The van der Waals surface area contributed by atoms with Gasteiger partial charge in [0.25, 0.3) is 0 Å². The van der Waals surface area contributed by atoms with Gasteiger partial charge >= 0.3 is 0 Å². The number of amides is 1. The predicted octanol–water partition coefficient (Wildman–Crippen LogP) is 1.63. The molecule has 1 aliphatic rings. The summed E-state index contributed by atoms with van der Waals surface area (Å²) in [4.78, 5) is 13.9. The van der Waals surface area contributed by atoms with E-state index in [0.29, 0.717) is 5.92 Å². The normalized spacial score (nSPS) is 20.3. The molecule has 0 saturated carbocycles. The number of rotatable bonds is 5. The molecule has 0 aromatic rings. The smallest absolute Gasteiger partial charge is 0.239 e. The van der Waals surface area contributed by atoms with Gasteiger partial charge in [-0.15, -0.1) is 0 Å². The van der Waals surface area contributed by atoms with E-state index < -0.39 is 0 Å². The molecule has 2 unspecified atom stereocenters. The molecule has 1 rings (SSSR count). The first-order valence-electron chi connectivity index (χ1n) is 6.17. The van der Waals surface area contributed by atoms with E-state index in [9.17, 15) is 4.79 Å². The summed E-state index contributed by atoms with van der Waals surface area (Å²) in [6.07, 6.45) is 3.51. The van der Waals surface area contributed by atoms with Crippen molar-refractivity contribution in [1.29, 1.82) is 0 Å². The van der Waals surface area contributed by atoms with Gasteiger partial charge in [0.1, 0.15) is 0 Å². The third-order valence-corrected chi connectivity index (χ3v) is 3.26. The zero-order valence-corrected chi connectivity index (χ0v) is 10.3. The van der Waals surface area contributed by atoms with Gasteiger partial charge in [-0.1, -0.05) is 20.3 Å².